The highest BCUT2D eigenvalue weighted by Gasteiger charge is 2.40. The van der Waals surface area contributed by atoms with Crippen molar-refractivity contribution in [3.8, 4) is 0 Å². The zero-order chi connectivity index (χ0) is 52.4. The number of benzene rings is 5. The summed E-state index contributed by atoms with van der Waals surface area (Å²) in [4.78, 5) is 87.1. The van der Waals surface area contributed by atoms with Crippen molar-refractivity contribution >= 4 is 59.0 Å². The monoisotopic (exact) mass is 1040 g/mol. The Morgan fingerprint density at radius 1 is 0.486 bits per heavy atom. The minimum atomic E-state index is -0.875. The predicted molar refractivity (Wildman–Crippen MR) is 295 cm³/mol. The van der Waals surface area contributed by atoms with Crippen LogP contribution in [0, 0.1) is 0 Å². The first-order valence-corrected chi connectivity index (χ1v) is 27.9. The standard InChI is InChI=1S/C58H70N8O6S2/c1-39(59-3)53(67)61-47(57(71)65-32-18-30-49(65)55(69)63-51(43-22-9-5-10-23-43)44-24-11-6-12-25-44)37-73-35-41-20-17-21-42(34-41)36-74-38-48(62-54(68)40(2)60-4)58(72)66-33-19-31-50(66)56(70)64-52(45-26-13-7-14-27-45)46-28-15-8-16-29-46/h5-17,20-29,34,39-40,47-52,59-60H,18-19,30-33,35-38H2,1-4H3,(H,61,67)(H,62,68)(H,63,69)(H,64,70)/t39-,40-,47-,48-,49-,50-/m0/s1. The Kier molecular flexibility index (Phi) is 20.7. The Morgan fingerprint density at radius 3 is 1.15 bits per heavy atom. The summed E-state index contributed by atoms with van der Waals surface area (Å²) in [6.07, 6.45) is 2.34. The minimum absolute atomic E-state index is 0.241. The predicted octanol–water partition coefficient (Wildman–Crippen LogP) is 6.13. The molecule has 14 nitrogen and oxygen atoms in total. The van der Waals surface area contributed by atoms with E-state index in [1.54, 1.807) is 37.7 Å². The number of likely N-dealkylation sites (tertiary alicyclic amines) is 2. The second-order valence-electron chi connectivity index (χ2n) is 18.9. The quantitative estimate of drug-likeness (QED) is 0.0421. The van der Waals surface area contributed by atoms with Crippen LogP contribution in [0.5, 0.6) is 0 Å². The zero-order valence-corrected chi connectivity index (χ0v) is 44.3. The molecule has 2 fully saturated rings. The van der Waals surface area contributed by atoms with E-state index in [2.05, 4.69) is 38.0 Å². The van der Waals surface area contributed by atoms with E-state index in [9.17, 15) is 28.8 Å². The third kappa shape index (κ3) is 14.9. The average molecular weight is 1040 g/mol. The van der Waals surface area contributed by atoms with E-state index in [1.165, 1.54) is 23.5 Å². The van der Waals surface area contributed by atoms with E-state index < -0.39 is 48.3 Å². The molecule has 0 unspecified atom stereocenters. The molecule has 0 spiro atoms. The fraction of sp³-hybridized carbons (Fsp3) is 0.379. The fourth-order valence-corrected chi connectivity index (χ4v) is 11.4. The fourth-order valence-electron chi connectivity index (χ4n) is 9.39. The molecule has 2 heterocycles. The summed E-state index contributed by atoms with van der Waals surface area (Å²) in [5.41, 5.74) is 5.76. The maximum Gasteiger partial charge on any atom is 0.246 e. The molecule has 6 N–H and O–H groups in total. The Bertz CT molecular complexity index is 2380. The SMILES string of the molecule is CN[C@@H](C)C(=O)N[C@@H](CSCc1cccc(CSC[C@H](NC(=O)[C@H](C)NC)C(=O)N2CCC[C@H]2C(=O)NC(c2ccccc2)c2ccccc2)c1)C(=O)N1CCC[C@H]1C(=O)NC(c1ccccc1)c1ccccc1. The van der Waals surface area contributed by atoms with Crippen LogP contribution in [0.1, 0.15) is 85.0 Å². The molecular formula is C58H70N8O6S2. The van der Waals surface area contributed by atoms with Gasteiger partial charge in [-0.25, -0.2) is 0 Å². The lowest BCUT2D eigenvalue weighted by atomic mass is 9.98. The number of carbonyl (C=O) groups excluding carboxylic acids is 6. The largest absolute Gasteiger partial charge is 0.343 e. The van der Waals surface area contributed by atoms with Crippen molar-refractivity contribution in [3.05, 3.63) is 179 Å². The third-order valence-electron chi connectivity index (χ3n) is 13.8. The second kappa shape index (κ2) is 27.7. The Morgan fingerprint density at radius 2 is 0.824 bits per heavy atom. The van der Waals surface area contributed by atoms with Gasteiger partial charge in [0, 0.05) is 36.1 Å². The van der Waals surface area contributed by atoms with Gasteiger partial charge in [0.2, 0.25) is 35.4 Å². The van der Waals surface area contributed by atoms with Gasteiger partial charge in [0.1, 0.15) is 24.2 Å². The lowest BCUT2D eigenvalue weighted by Crippen LogP contribution is -2.56. The van der Waals surface area contributed by atoms with Crippen molar-refractivity contribution in [3.63, 3.8) is 0 Å². The van der Waals surface area contributed by atoms with Crippen LogP contribution >= 0.6 is 23.5 Å². The van der Waals surface area contributed by atoms with E-state index >= 15 is 0 Å². The number of carbonyl (C=O) groups is 6. The number of likely N-dealkylation sites (N-methyl/N-ethyl adjacent to an activating group) is 2. The molecule has 0 aliphatic carbocycles. The molecule has 6 amide bonds. The second-order valence-corrected chi connectivity index (χ2v) is 21.0. The highest BCUT2D eigenvalue weighted by Crippen LogP contribution is 2.28. The number of nitrogens with zero attached hydrogens (tertiary/aromatic N) is 2. The average Bonchev–Trinajstić information content (AvgIpc) is 4.15. The zero-order valence-electron chi connectivity index (χ0n) is 42.7. The highest BCUT2D eigenvalue weighted by molar-refractivity contribution is 7.98. The molecule has 0 aromatic heterocycles. The Labute approximate surface area is 444 Å². The topological polar surface area (TPSA) is 181 Å². The molecule has 2 aliphatic heterocycles. The van der Waals surface area contributed by atoms with E-state index in [0.29, 0.717) is 50.3 Å². The molecule has 5 aromatic rings. The molecule has 0 saturated carbocycles. The van der Waals surface area contributed by atoms with E-state index in [-0.39, 0.29) is 46.9 Å². The van der Waals surface area contributed by atoms with Crippen LogP contribution in [-0.4, -0.2) is 120 Å². The molecule has 2 saturated heterocycles. The first-order chi connectivity index (χ1) is 35.9. The number of hydrogen-bond acceptors (Lipinski definition) is 10. The van der Waals surface area contributed by atoms with Crippen molar-refractivity contribution in [2.75, 3.05) is 38.7 Å². The van der Waals surface area contributed by atoms with Crippen LogP contribution in [0.3, 0.4) is 0 Å². The van der Waals surface area contributed by atoms with Gasteiger partial charge in [-0.05, 0) is 87.0 Å². The van der Waals surface area contributed by atoms with Crippen LogP contribution in [-0.2, 0) is 40.3 Å². The third-order valence-corrected chi connectivity index (χ3v) is 16.0. The molecule has 0 radical (unpaired) electrons. The molecule has 16 heteroatoms. The first-order valence-electron chi connectivity index (χ1n) is 25.6. The number of amides is 6. The normalized spacial score (nSPS) is 17.1. The van der Waals surface area contributed by atoms with Crippen molar-refractivity contribution < 1.29 is 28.8 Å². The van der Waals surface area contributed by atoms with Crippen molar-refractivity contribution in [2.45, 2.75) is 99.4 Å². The summed E-state index contributed by atoms with van der Waals surface area (Å²) in [7, 11) is 3.38. The maximum absolute atomic E-state index is 14.5. The van der Waals surface area contributed by atoms with Gasteiger partial charge in [0.25, 0.3) is 0 Å². The number of nitrogens with one attached hydrogen (secondary N) is 6. The van der Waals surface area contributed by atoms with Gasteiger partial charge in [-0.2, -0.15) is 23.5 Å². The molecule has 6 atom stereocenters. The van der Waals surface area contributed by atoms with Gasteiger partial charge in [-0.15, -0.1) is 0 Å². The number of hydrogen-bond donors (Lipinski definition) is 6. The van der Waals surface area contributed by atoms with Crippen LogP contribution in [0.15, 0.2) is 146 Å². The molecular weight excluding hydrogens is 969 g/mol. The summed E-state index contributed by atoms with van der Waals surface area (Å²) in [5.74, 6) is -0.0285. The Hall–Kier alpha value is -6.46. The summed E-state index contributed by atoms with van der Waals surface area (Å²) in [6.45, 7) is 4.27. The van der Waals surface area contributed by atoms with E-state index in [0.717, 1.165) is 33.4 Å². The maximum atomic E-state index is 14.5. The first kappa shape index (κ1) is 55.3. The van der Waals surface area contributed by atoms with E-state index in [1.807, 2.05) is 140 Å². The van der Waals surface area contributed by atoms with Crippen molar-refractivity contribution in [1.82, 2.24) is 41.7 Å². The van der Waals surface area contributed by atoms with Gasteiger partial charge in [-0.3, -0.25) is 28.8 Å². The van der Waals surface area contributed by atoms with E-state index in [4.69, 9.17) is 0 Å². The number of thioether (sulfide) groups is 2. The van der Waals surface area contributed by atoms with Crippen molar-refractivity contribution in [1.29, 1.82) is 0 Å². The van der Waals surface area contributed by atoms with Gasteiger partial charge < -0.3 is 41.7 Å². The smallest absolute Gasteiger partial charge is 0.246 e. The van der Waals surface area contributed by atoms with Crippen LogP contribution < -0.4 is 31.9 Å². The molecule has 2 aliphatic rings. The molecule has 74 heavy (non-hydrogen) atoms. The van der Waals surface area contributed by atoms with Crippen molar-refractivity contribution in [2.24, 2.45) is 0 Å². The summed E-state index contributed by atoms with van der Waals surface area (Å²) in [5, 5.41) is 18.4. The van der Waals surface area contributed by atoms with Crippen LogP contribution in [0.4, 0.5) is 0 Å². The van der Waals surface area contributed by atoms with Crippen LogP contribution in [0.25, 0.3) is 0 Å². The molecule has 390 valence electrons. The highest BCUT2D eigenvalue weighted by atomic mass is 32.2. The van der Waals surface area contributed by atoms with Gasteiger partial charge in [-0.1, -0.05) is 146 Å². The summed E-state index contributed by atoms with van der Waals surface area (Å²) >= 11 is 3.04. The summed E-state index contributed by atoms with van der Waals surface area (Å²) < 4.78 is 0. The van der Waals surface area contributed by atoms with Crippen LogP contribution in [0.2, 0.25) is 0 Å². The summed E-state index contributed by atoms with van der Waals surface area (Å²) in [6, 6.07) is 42.1. The van der Waals surface area contributed by atoms with Gasteiger partial charge in [0.05, 0.1) is 24.2 Å². The minimum Gasteiger partial charge on any atom is -0.343 e. The number of rotatable bonds is 24. The van der Waals surface area contributed by atoms with Gasteiger partial charge >= 0.3 is 0 Å². The molecule has 5 aromatic carbocycles. The lowest BCUT2D eigenvalue weighted by Gasteiger charge is -2.30. The Balaban J connectivity index is 0.981. The molecule has 0 bridgehead atoms. The van der Waals surface area contributed by atoms with Gasteiger partial charge in [0.15, 0.2) is 0 Å². The lowest BCUT2D eigenvalue weighted by molar-refractivity contribution is -0.141. The molecule has 7 rings (SSSR count).